The van der Waals surface area contributed by atoms with Crippen LogP contribution in [0.5, 0.6) is 5.75 Å². The molecule has 2 aromatic carbocycles. The lowest BCUT2D eigenvalue weighted by atomic mass is 10.2. The second-order valence-electron chi connectivity index (χ2n) is 5.02. The van der Waals surface area contributed by atoms with Gasteiger partial charge in [-0.3, -0.25) is 4.57 Å². The molecule has 4 rings (SSSR count). The summed E-state index contributed by atoms with van der Waals surface area (Å²) < 4.78 is 8.04. The highest BCUT2D eigenvalue weighted by Crippen LogP contribution is 2.25. The molecule has 0 aliphatic carbocycles. The van der Waals surface area contributed by atoms with Crippen molar-refractivity contribution in [1.82, 2.24) is 9.55 Å². The Morgan fingerprint density at radius 1 is 1.09 bits per heavy atom. The van der Waals surface area contributed by atoms with E-state index in [0.717, 1.165) is 27.1 Å². The van der Waals surface area contributed by atoms with E-state index in [1.165, 1.54) is 6.20 Å². The van der Waals surface area contributed by atoms with Crippen LogP contribution in [-0.2, 0) is 0 Å². The normalized spacial score (nSPS) is 11.1. The number of para-hydroxylation sites is 1. The van der Waals surface area contributed by atoms with Gasteiger partial charge in [0.05, 0.1) is 18.0 Å². The smallest absolute Gasteiger partial charge is 0.226 e. The number of nitrogens with zero attached hydrogens (tertiary/aromatic N) is 3. The summed E-state index contributed by atoms with van der Waals surface area (Å²) in [4.78, 5) is 4.36. The Morgan fingerprint density at radius 2 is 1.86 bits per heavy atom. The molecule has 0 radical (unpaired) electrons. The first kappa shape index (κ1) is 12.6. The maximum Gasteiger partial charge on any atom is 0.226 e. The molecule has 0 bridgehead atoms. The number of fused-ring (bicyclic) bond motifs is 3. The van der Waals surface area contributed by atoms with Gasteiger partial charge in [0.15, 0.2) is 5.52 Å². The molecular weight excluding hydrogens is 278 g/mol. The summed E-state index contributed by atoms with van der Waals surface area (Å²) in [6.45, 7) is 0. The number of rotatable bonds is 2. The van der Waals surface area contributed by atoms with Gasteiger partial charge in [-0.25, -0.2) is 4.98 Å². The molecule has 0 fully saturated rings. The molecular formula is C17H13N3O2. The first-order valence-electron chi connectivity index (χ1n) is 6.90. The van der Waals surface area contributed by atoms with Crippen molar-refractivity contribution in [1.29, 1.82) is 0 Å². The summed E-state index contributed by atoms with van der Waals surface area (Å²) in [7, 11) is 1.64. The number of pyridine rings is 1. The van der Waals surface area contributed by atoms with Crippen LogP contribution in [0.15, 0.2) is 61.1 Å². The molecule has 2 heterocycles. The average Bonchev–Trinajstić information content (AvgIpc) is 2.99. The second kappa shape index (κ2) is 4.73. The Hall–Kier alpha value is -3.08. The van der Waals surface area contributed by atoms with Gasteiger partial charge >= 0.3 is 0 Å². The Labute approximate surface area is 126 Å². The molecule has 0 aliphatic rings. The minimum Gasteiger partial charge on any atom is -0.618 e. The molecule has 0 spiro atoms. The highest BCUT2D eigenvalue weighted by atomic mass is 16.5. The van der Waals surface area contributed by atoms with Gasteiger partial charge in [0.2, 0.25) is 11.7 Å². The van der Waals surface area contributed by atoms with Crippen molar-refractivity contribution in [3.63, 3.8) is 0 Å². The van der Waals surface area contributed by atoms with E-state index < -0.39 is 0 Å². The number of hydrogen-bond donors (Lipinski definition) is 0. The summed E-state index contributed by atoms with van der Waals surface area (Å²) in [6, 6.07) is 15.3. The van der Waals surface area contributed by atoms with E-state index in [4.69, 9.17) is 4.74 Å². The molecule has 0 N–H and O–H groups in total. The maximum atomic E-state index is 12.1. The molecule has 0 amide bonds. The fourth-order valence-corrected chi connectivity index (χ4v) is 2.71. The van der Waals surface area contributed by atoms with Crippen LogP contribution in [0.1, 0.15) is 0 Å². The van der Waals surface area contributed by atoms with Gasteiger partial charge in [0.1, 0.15) is 12.1 Å². The molecule has 22 heavy (non-hydrogen) atoms. The van der Waals surface area contributed by atoms with Crippen molar-refractivity contribution in [3.05, 3.63) is 66.3 Å². The van der Waals surface area contributed by atoms with Crippen LogP contribution < -0.4 is 9.47 Å². The zero-order chi connectivity index (χ0) is 15.1. The predicted molar refractivity (Wildman–Crippen MR) is 84.1 cm³/mol. The molecule has 0 unspecified atom stereocenters. The van der Waals surface area contributed by atoms with Gasteiger partial charge in [-0.2, -0.15) is 4.73 Å². The highest BCUT2D eigenvalue weighted by Gasteiger charge is 2.14. The quantitative estimate of drug-likeness (QED) is 0.421. The molecule has 2 aromatic heterocycles. The number of hydrogen-bond acceptors (Lipinski definition) is 3. The molecule has 0 aliphatic heterocycles. The second-order valence-corrected chi connectivity index (χ2v) is 5.02. The first-order valence-corrected chi connectivity index (χ1v) is 6.90. The number of methoxy groups -OCH3 is 1. The third-order valence-corrected chi connectivity index (χ3v) is 3.78. The van der Waals surface area contributed by atoms with Gasteiger partial charge in [0, 0.05) is 11.8 Å². The monoisotopic (exact) mass is 291 g/mol. The third kappa shape index (κ3) is 1.79. The van der Waals surface area contributed by atoms with Crippen molar-refractivity contribution in [2.45, 2.75) is 0 Å². The number of ether oxygens (including phenoxy) is 1. The van der Waals surface area contributed by atoms with Gasteiger partial charge in [-0.15, -0.1) is 0 Å². The lowest BCUT2D eigenvalue weighted by Crippen LogP contribution is -2.26. The topological polar surface area (TPSA) is 54.0 Å². The van der Waals surface area contributed by atoms with Crippen molar-refractivity contribution < 1.29 is 9.47 Å². The standard InChI is InChI=1S/C17H13N3O2/c1-22-13-8-6-12(7-9-13)19-11-18-15-10-20(21)16-5-3-2-4-14(16)17(15)19/h2-11H,1H3. The van der Waals surface area contributed by atoms with Crippen molar-refractivity contribution in [2.24, 2.45) is 0 Å². The molecule has 5 nitrogen and oxygen atoms in total. The van der Waals surface area contributed by atoms with Crippen LogP contribution in [0, 0.1) is 5.21 Å². The number of imidazole rings is 1. The van der Waals surface area contributed by atoms with E-state index >= 15 is 0 Å². The zero-order valence-electron chi connectivity index (χ0n) is 11.9. The number of aromatic nitrogens is 3. The average molecular weight is 291 g/mol. The first-order chi connectivity index (χ1) is 10.8. The van der Waals surface area contributed by atoms with Crippen LogP contribution in [0.2, 0.25) is 0 Å². The minimum absolute atomic E-state index is 0.630. The summed E-state index contributed by atoms with van der Waals surface area (Å²) in [6.07, 6.45) is 3.25. The van der Waals surface area contributed by atoms with Crippen LogP contribution in [0.3, 0.4) is 0 Å². The Bertz CT molecular complexity index is 974. The Balaban J connectivity index is 2.04. The molecule has 0 saturated carbocycles. The predicted octanol–water partition coefficient (Wildman–Crippen LogP) is 2.82. The SMILES string of the molecule is COc1ccc(-n2cnc3c[n+]([O-])c4ccccc4c32)cc1. The fraction of sp³-hybridized carbons (Fsp3) is 0.0588. The molecule has 4 aromatic rings. The van der Waals surface area contributed by atoms with Crippen LogP contribution >= 0.6 is 0 Å². The van der Waals surface area contributed by atoms with Gasteiger partial charge in [0.25, 0.3) is 0 Å². The fourth-order valence-electron chi connectivity index (χ4n) is 2.71. The van der Waals surface area contributed by atoms with Crippen molar-refractivity contribution in [2.75, 3.05) is 7.11 Å². The van der Waals surface area contributed by atoms with Gasteiger partial charge < -0.3 is 9.94 Å². The highest BCUT2D eigenvalue weighted by molar-refractivity contribution is 6.01. The molecule has 0 saturated heterocycles. The summed E-state index contributed by atoms with van der Waals surface area (Å²) in [5, 5.41) is 13.0. The van der Waals surface area contributed by atoms with E-state index in [9.17, 15) is 5.21 Å². The summed E-state index contributed by atoms with van der Waals surface area (Å²) in [5.41, 5.74) is 3.19. The summed E-state index contributed by atoms with van der Waals surface area (Å²) in [5.74, 6) is 0.801. The minimum atomic E-state index is 0.630. The molecule has 108 valence electrons. The van der Waals surface area contributed by atoms with E-state index in [1.54, 1.807) is 13.4 Å². The van der Waals surface area contributed by atoms with Crippen LogP contribution in [0.4, 0.5) is 0 Å². The van der Waals surface area contributed by atoms with E-state index in [0.29, 0.717) is 11.0 Å². The maximum absolute atomic E-state index is 12.1. The van der Waals surface area contributed by atoms with Crippen LogP contribution in [-0.4, -0.2) is 16.7 Å². The lowest BCUT2D eigenvalue weighted by Gasteiger charge is -2.08. The molecule has 5 heteroatoms. The van der Waals surface area contributed by atoms with Gasteiger partial charge in [-0.1, -0.05) is 12.1 Å². The Morgan fingerprint density at radius 3 is 2.64 bits per heavy atom. The van der Waals surface area contributed by atoms with Crippen LogP contribution in [0.25, 0.3) is 27.6 Å². The van der Waals surface area contributed by atoms with Gasteiger partial charge in [-0.05, 0) is 30.3 Å². The van der Waals surface area contributed by atoms with E-state index in [1.807, 2.05) is 53.1 Å². The van der Waals surface area contributed by atoms with E-state index in [2.05, 4.69) is 4.98 Å². The number of benzene rings is 2. The Kier molecular flexibility index (Phi) is 2.72. The molecule has 0 atom stereocenters. The van der Waals surface area contributed by atoms with E-state index in [-0.39, 0.29) is 0 Å². The van der Waals surface area contributed by atoms with Crippen molar-refractivity contribution in [3.8, 4) is 11.4 Å². The third-order valence-electron chi connectivity index (χ3n) is 3.78. The van der Waals surface area contributed by atoms with Crippen molar-refractivity contribution >= 4 is 21.9 Å². The summed E-state index contributed by atoms with van der Waals surface area (Å²) >= 11 is 0. The largest absolute Gasteiger partial charge is 0.618 e. The zero-order valence-corrected chi connectivity index (χ0v) is 11.9. The lowest BCUT2D eigenvalue weighted by molar-refractivity contribution is -0.575.